The Bertz CT molecular complexity index is 75.0. The van der Waals surface area contributed by atoms with Gasteiger partial charge in [0, 0.05) is 32.2 Å². The van der Waals surface area contributed by atoms with Crippen LogP contribution in [0.1, 0.15) is 13.8 Å². The highest BCUT2D eigenvalue weighted by Crippen LogP contribution is 1.99. The zero-order chi connectivity index (χ0) is 6.69. The molecule has 1 aliphatic rings. The molecule has 1 aliphatic heterocycles. The molecule has 0 aromatic heterocycles. The molecule has 0 aromatic carbocycles. The Labute approximate surface area is 57.2 Å². The summed E-state index contributed by atoms with van der Waals surface area (Å²) < 4.78 is 0. The van der Waals surface area contributed by atoms with Crippen molar-refractivity contribution in [3.8, 4) is 0 Å². The maximum absolute atomic E-state index is 3.38. The Balaban J connectivity index is 1.81. The lowest BCUT2D eigenvalue weighted by molar-refractivity contribution is 0.494. The quantitative estimate of drug-likeness (QED) is 0.548. The predicted molar refractivity (Wildman–Crippen MR) is 39.6 cm³/mol. The third kappa shape index (κ3) is 3.49. The van der Waals surface area contributed by atoms with Gasteiger partial charge in [0.25, 0.3) is 0 Å². The highest BCUT2D eigenvalue weighted by molar-refractivity contribution is 4.72. The van der Waals surface area contributed by atoms with Gasteiger partial charge in [-0.15, -0.1) is 0 Å². The highest BCUT2D eigenvalue weighted by Gasteiger charge is 2.15. The number of nitrogens with one attached hydrogen (secondary N) is 1. The first-order chi connectivity index (χ1) is 4.29. The molecule has 0 unspecified atom stereocenters. The van der Waals surface area contributed by atoms with E-state index in [0.717, 1.165) is 6.54 Å². The molecule has 1 heterocycles. The average molecular weight is 128 g/mol. The molecule has 0 amide bonds. The van der Waals surface area contributed by atoms with E-state index in [4.69, 9.17) is 0 Å². The third-order valence-electron chi connectivity index (χ3n) is 1.52. The van der Waals surface area contributed by atoms with Crippen LogP contribution in [0.5, 0.6) is 0 Å². The van der Waals surface area contributed by atoms with Crippen LogP contribution in [0.4, 0.5) is 0 Å². The van der Waals surface area contributed by atoms with E-state index in [-0.39, 0.29) is 0 Å². The van der Waals surface area contributed by atoms with Gasteiger partial charge in [0.15, 0.2) is 0 Å². The molecule has 1 fully saturated rings. The molecule has 0 aliphatic carbocycles. The van der Waals surface area contributed by atoms with Crippen molar-refractivity contribution in [2.75, 3.05) is 26.2 Å². The molecule has 54 valence electrons. The summed E-state index contributed by atoms with van der Waals surface area (Å²) in [7, 11) is 0. The molecule has 0 bridgehead atoms. The van der Waals surface area contributed by atoms with Crippen LogP contribution in [0.3, 0.4) is 0 Å². The van der Waals surface area contributed by atoms with E-state index in [9.17, 15) is 0 Å². The predicted octanol–water partition coefficient (Wildman–Crippen LogP) is 0.300. The van der Waals surface area contributed by atoms with E-state index < -0.39 is 0 Å². The molecule has 0 radical (unpaired) electrons. The molecule has 0 aromatic rings. The Kier molecular flexibility index (Phi) is 2.49. The molecule has 0 spiro atoms. The normalized spacial score (nSPS) is 19.0. The van der Waals surface area contributed by atoms with Gasteiger partial charge in [-0.1, -0.05) is 13.8 Å². The summed E-state index contributed by atoms with van der Waals surface area (Å²) in [5.74, 6) is 0. The summed E-state index contributed by atoms with van der Waals surface area (Å²) in [4.78, 5) is 2.43. The fourth-order valence-electron chi connectivity index (χ4n) is 0.806. The fraction of sp³-hybridized carbons (Fsp3) is 1.00. The van der Waals surface area contributed by atoms with E-state index >= 15 is 0 Å². The zero-order valence-corrected chi connectivity index (χ0v) is 6.35. The number of rotatable bonds is 4. The Morgan fingerprint density at radius 3 is 2.56 bits per heavy atom. The van der Waals surface area contributed by atoms with Crippen LogP contribution in [0, 0.1) is 0 Å². The van der Waals surface area contributed by atoms with Crippen molar-refractivity contribution in [1.29, 1.82) is 0 Å². The van der Waals surface area contributed by atoms with Crippen LogP contribution < -0.4 is 5.32 Å². The van der Waals surface area contributed by atoms with Crippen molar-refractivity contribution in [2.45, 2.75) is 19.9 Å². The van der Waals surface area contributed by atoms with E-state index in [0.29, 0.717) is 6.04 Å². The summed E-state index contributed by atoms with van der Waals surface area (Å²) >= 11 is 0. The topological polar surface area (TPSA) is 15.0 Å². The monoisotopic (exact) mass is 128 g/mol. The first kappa shape index (κ1) is 7.03. The first-order valence-electron chi connectivity index (χ1n) is 3.75. The van der Waals surface area contributed by atoms with Crippen LogP contribution in [-0.2, 0) is 0 Å². The third-order valence-corrected chi connectivity index (χ3v) is 1.52. The summed E-state index contributed by atoms with van der Waals surface area (Å²) in [5.41, 5.74) is 0. The molecule has 1 saturated heterocycles. The van der Waals surface area contributed by atoms with Crippen molar-refractivity contribution in [2.24, 2.45) is 0 Å². The molecule has 0 saturated carbocycles. The lowest BCUT2D eigenvalue weighted by Gasteiger charge is -2.06. The Hall–Kier alpha value is -0.0800. The van der Waals surface area contributed by atoms with Gasteiger partial charge in [-0.05, 0) is 0 Å². The maximum atomic E-state index is 3.38. The average Bonchev–Trinajstić information content (AvgIpc) is 2.48. The largest absolute Gasteiger partial charge is 0.313 e. The number of nitrogens with zero attached hydrogens (tertiary/aromatic N) is 1. The molecule has 0 atom stereocenters. The maximum Gasteiger partial charge on any atom is 0.0110 e. The van der Waals surface area contributed by atoms with E-state index in [1.165, 1.54) is 19.6 Å². The second kappa shape index (κ2) is 3.18. The van der Waals surface area contributed by atoms with Gasteiger partial charge < -0.3 is 5.32 Å². The summed E-state index contributed by atoms with van der Waals surface area (Å²) in [6.45, 7) is 9.39. The summed E-state index contributed by atoms with van der Waals surface area (Å²) in [5, 5.41) is 3.38. The van der Waals surface area contributed by atoms with Crippen molar-refractivity contribution in [3.63, 3.8) is 0 Å². The van der Waals surface area contributed by atoms with Crippen LogP contribution in [0.15, 0.2) is 0 Å². The van der Waals surface area contributed by atoms with Crippen LogP contribution in [0.2, 0.25) is 0 Å². The van der Waals surface area contributed by atoms with Crippen molar-refractivity contribution >= 4 is 0 Å². The number of hydrogen-bond acceptors (Lipinski definition) is 2. The molecule has 2 nitrogen and oxygen atoms in total. The lowest BCUT2D eigenvalue weighted by Crippen LogP contribution is -2.28. The van der Waals surface area contributed by atoms with Gasteiger partial charge in [0.2, 0.25) is 0 Å². The minimum Gasteiger partial charge on any atom is -0.313 e. The lowest BCUT2D eigenvalue weighted by atomic mass is 10.4. The highest BCUT2D eigenvalue weighted by atomic mass is 15.3. The van der Waals surface area contributed by atoms with Crippen molar-refractivity contribution in [1.82, 2.24) is 10.2 Å². The van der Waals surface area contributed by atoms with E-state index in [1.807, 2.05) is 0 Å². The summed E-state index contributed by atoms with van der Waals surface area (Å²) in [6.07, 6.45) is 0. The molecule has 9 heavy (non-hydrogen) atoms. The van der Waals surface area contributed by atoms with Crippen molar-refractivity contribution in [3.05, 3.63) is 0 Å². The van der Waals surface area contributed by atoms with Crippen LogP contribution in [0.25, 0.3) is 0 Å². The minimum absolute atomic E-state index is 0.643. The van der Waals surface area contributed by atoms with Gasteiger partial charge in [-0.3, -0.25) is 4.90 Å². The van der Waals surface area contributed by atoms with Crippen LogP contribution >= 0.6 is 0 Å². The standard InChI is InChI=1S/C7H16N2/c1-7(2)8-3-4-9-5-6-9/h7-8H,3-6H2,1-2H3. The fourth-order valence-corrected chi connectivity index (χ4v) is 0.806. The number of hydrogen-bond donors (Lipinski definition) is 1. The molecular formula is C7H16N2. The molecule has 1 N–H and O–H groups in total. The van der Waals surface area contributed by atoms with Gasteiger partial charge in [0.1, 0.15) is 0 Å². The Morgan fingerprint density at radius 1 is 1.44 bits per heavy atom. The van der Waals surface area contributed by atoms with E-state index in [1.54, 1.807) is 0 Å². The van der Waals surface area contributed by atoms with Gasteiger partial charge in [-0.25, -0.2) is 0 Å². The zero-order valence-electron chi connectivity index (χ0n) is 6.35. The van der Waals surface area contributed by atoms with E-state index in [2.05, 4.69) is 24.1 Å². The Morgan fingerprint density at radius 2 is 2.11 bits per heavy atom. The van der Waals surface area contributed by atoms with Gasteiger partial charge in [-0.2, -0.15) is 0 Å². The molecular weight excluding hydrogens is 112 g/mol. The minimum atomic E-state index is 0.643. The van der Waals surface area contributed by atoms with Gasteiger partial charge >= 0.3 is 0 Å². The van der Waals surface area contributed by atoms with Crippen LogP contribution in [-0.4, -0.2) is 37.1 Å². The molecule has 1 rings (SSSR count). The van der Waals surface area contributed by atoms with Gasteiger partial charge in [0.05, 0.1) is 0 Å². The smallest absolute Gasteiger partial charge is 0.0110 e. The molecule has 2 heteroatoms. The second-order valence-corrected chi connectivity index (χ2v) is 2.95. The van der Waals surface area contributed by atoms with Crippen molar-refractivity contribution < 1.29 is 0 Å². The SMILES string of the molecule is CC(C)NCCN1CC1. The summed E-state index contributed by atoms with van der Waals surface area (Å²) in [6, 6.07) is 0.643. The first-order valence-corrected chi connectivity index (χ1v) is 3.75. The second-order valence-electron chi connectivity index (χ2n) is 2.95.